The monoisotopic (exact) mass is 383 g/mol. The van der Waals surface area contributed by atoms with Crippen LogP contribution in [0.5, 0.6) is 5.75 Å². The lowest BCUT2D eigenvalue weighted by Crippen LogP contribution is -2.49. The number of benzene rings is 1. The molecule has 2 aromatic rings. The number of hydrogen-bond donors (Lipinski definition) is 1. The summed E-state index contributed by atoms with van der Waals surface area (Å²) in [6, 6.07) is 9.27. The van der Waals surface area contributed by atoms with E-state index in [0.717, 1.165) is 24.5 Å². The van der Waals surface area contributed by atoms with Crippen LogP contribution in [0, 0.1) is 0 Å². The second-order valence-corrected chi connectivity index (χ2v) is 7.08. The zero-order valence-electron chi connectivity index (χ0n) is 16.0. The number of amides is 1. The van der Waals surface area contributed by atoms with E-state index in [1.807, 2.05) is 29.2 Å². The van der Waals surface area contributed by atoms with Gasteiger partial charge in [0.15, 0.2) is 0 Å². The van der Waals surface area contributed by atoms with Gasteiger partial charge in [0.05, 0.1) is 19.4 Å². The molecule has 0 saturated carbocycles. The molecule has 2 fully saturated rings. The van der Waals surface area contributed by atoms with Gasteiger partial charge in [-0.3, -0.25) is 4.79 Å². The summed E-state index contributed by atoms with van der Waals surface area (Å²) in [4.78, 5) is 25.6. The van der Waals surface area contributed by atoms with Gasteiger partial charge in [0, 0.05) is 50.3 Å². The molecule has 0 radical (unpaired) electrons. The van der Waals surface area contributed by atoms with Crippen molar-refractivity contribution in [2.45, 2.75) is 12.3 Å². The Bertz CT molecular complexity index is 845. The molecule has 148 valence electrons. The van der Waals surface area contributed by atoms with Gasteiger partial charge in [0.1, 0.15) is 11.6 Å². The largest absolute Gasteiger partial charge is 0.497 e. The topological polar surface area (TPSA) is 93.8 Å². The molecule has 2 N–H and O–H groups in total. The number of aromatic nitrogens is 2. The molecule has 3 heterocycles. The van der Waals surface area contributed by atoms with E-state index in [1.165, 1.54) is 0 Å². The van der Waals surface area contributed by atoms with Gasteiger partial charge in [0.25, 0.3) is 5.91 Å². The molecule has 1 atom stereocenters. The summed E-state index contributed by atoms with van der Waals surface area (Å²) < 4.78 is 10.7. The summed E-state index contributed by atoms with van der Waals surface area (Å²) in [6.45, 7) is 4.09. The third kappa shape index (κ3) is 3.87. The van der Waals surface area contributed by atoms with Gasteiger partial charge >= 0.3 is 0 Å². The van der Waals surface area contributed by atoms with Crippen LogP contribution in [0.25, 0.3) is 0 Å². The Hall–Kier alpha value is -2.87. The molecule has 1 amide bonds. The van der Waals surface area contributed by atoms with Crippen molar-refractivity contribution in [3.05, 3.63) is 41.6 Å². The van der Waals surface area contributed by atoms with E-state index in [2.05, 4.69) is 14.9 Å². The average molecular weight is 383 g/mol. The number of methoxy groups -OCH3 is 1. The Balaban J connectivity index is 1.43. The third-order valence-corrected chi connectivity index (χ3v) is 5.31. The smallest absolute Gasteiger partial charge is 0.254 e. The number of carbonyl (C=O) groups excluding carboxylic acids is 1. The van der Waals surface area contributed by atoms with Crippen LogP contribution < -0.4 is 15.4 Å². The molecule has 8 nitrogen and oxygen atoms in total. The Morgan fingerprint density at radius 2 is 2.04 bits per heavy atom. The number of nitrogen functional groups attached to an aromatic ring is 1. The lowest BCUT2D eigenvalue weighted by Gasteiger charge is -2.35. The van der Waals surface area contributed by atoms with Gasteiger partial charge in [0.2, 0.25) is 5.95 Å². The Morgan fingerprint density at radius 3 is 2.75 bits per heavy atom. The molecule has 28 heavy (non-hydrogen) atoms. The number of piperazine rings is 1. The van der Waals surface area contributed by atoms with Gasteiger partial charge in [-0.1, -0.05) is 6.07 Å². The highest BCUT2D eigenvalue weighted by Crippen LogP contribution is 2.27. The number of anilines is 2. The van der Waals surface area contributed by atoms with Crippen LogP contribution in [0.4, 0.5) is 11.8 Å². The molecule has 1 aromatic carbocycles. The molecule has 2 aliphatic rings. The van der Waals surface area contributed by atoms with Gasteiger partial charge in [-0.2, -0.15) is 4.98 Å². The fourth-order valence-corrected chi connectivity index (χ4v) is 3.69. The second kappa shape index (κ2) is 8.02. The number of nitrogens with two attached hydrogens (primary N) is 1. The highest BCUT2D eigenvalue weighted by atomic mass is 16.5. The zero-order chi connectivity index (χ0) is 19.5. The first-order valence-electron chi connectivity index (χ1n) is 9.54. The van der Waals surface area contributed by atoms with Crippen LogP contribution in [-0.4, -0.2) is 67.3 Å². The van der Waals surface area contributed by atoms with Crippen molar-refractivity contribution < 1.29 is 14.3 Å². The molecule has 0 unspecified atom stereocenters. The van der Waals surface area contributed by atoms with Crippen molar-refractivity contribution in [1.82, 2.24) is 14.9 Å². The zero-order valence-corrected chi connectivity index (χ0v) is 16.0. The molecular weight excluding hydrogens is 358 g/mol. The van der Waals surface area contributed by atoms with Crippen molar-refractivity contribution in [2.24, 2.45) is 0 Å². The number of carbonyl (C=O) groups is 1. The molecule has 2 aliphatic heterocycles. The predicted molar refractivity (Wildman–Crippen MR) is 106 cm³/mol. The van der Waals surface area contributed by atoms with Crippen molar-refractivity contribution in [3.63, 3.8) is 0 Å². The minimum Gasteiger partial charge on any atom is -0.497 e. The summed E-state index contributed by atoms with van der Waals surface area (Å²) in [5.41, 5.74) is 7.53. The van der Waals surface area contributed by atoms with Crippen LogP contribution in [-0.2, 0) is 4.74 Å². The van der Waals surface area contributed by atoms with Crippen LogP contribution in [0.3, 0.4) is 0 Å². The van der Waals surface area contributed by atoms with E-state index in [4.69, 9.17) is 15.2 Å². The van der Waals surface area contributed by atoms with Gasteiger partial charge in [-0.05, 0) is 24.6 Å². The molecule has 0 bridgehead atoms. The van der Waals surface area contributed by atoms with Crippen molar-refractivity contribution in [3.8, 4) is 5.75 Å². The van der Waals surface area contributed by atoms with Gasteiger partial charge < -0.3 is 25.0 Å². The van der Waals surface area contributed by atoms with E-state index in [1.54, 1.807) is 13.2 Å². The maximum Gasteiger partial charge on any atom is 0.254 e. The fourth-order valence-electron chi connectivity index (χ4n) is 3.69. The molecule has 2 saturated heterocycles. The Kier molecular flexibility index (Phi) is 5.29. The lowest BCUT2D eigenvalue weighted by molar-refractivity contribution is 0.0746. The maximum atomic E-state index is 12.8. The fraction of sp³-hybridized carbons (Fsp3) is 0.450. The second-order valence-electron chi connectivity index (χ2n) is 7.08. The van der Waals surface area contributed by atoms with Crippen LogP contribution >= 0.6 is 0 Å². The van der Waals surface area contributed by atoms with E-state index in [0.29, 0.717) is 44.1 Å². The number of hydrogen-bond acceptors (Lipinski definition) is 7. The van der Waals surface area contributed by atoms with Crippen LogP contribution in [0.15, 0.2) is 30.3 Å². The number of nitrogens with zero attached hydrogens (tertiary/aromatic N) is 4. The first-order chi connectivity index (χ1) is 13.6. The van der Waals surface area contributed by atoms with Crippen molar-refractivity contribution in [2.75, 3.05) is 57.1 Å². The summed E-state index contributed by atoms with van der Waals surface area (Å²) in [5, 5.41) is 0. The number of ether oxygens (including phenoxy) is 2. The average Bonchev–Trinajstić information content (AvgIpc) is 3.28. The van der Waals surface area contributed by atoms with Crippen LogP contribution in [0.2, 0.25) is 0 Å². The highest BCUT2D eigenvalue weighted by Gasteiger charge is 2.25. The van der Waals surface area contributed by atoms with E-state index >= 15 is 0 Å². The first-order valence-corrected chi connectivity index (χ1v) is 9.54. The van der Waals surface area contributed by atoms with E-state index < -0.39 is 0 Å². The SMILES string of the molecule is COc1cccc(C(=O)N2CCN(c3cc([C@H]4CCOC4)nc(N)n3)CC2)c1. The Morgan fingerprint density at radius 1 is 1.21 bits per heavy atom. The standard InChI is InChI=1S/C20H25N5O3/c1-27-16-4-2-3-14(11-16)19(26)25-8-6-24(7-9-25)18-12-17(22-20(21)23-18)15-5-10-28-13-15/h2-4,11-12,15H,5-10,13H2,1H3,(H2,21,22,23)/t15-/m0/s1. The maximum absolute atomic E-state index is 12.8. The van der Waals surface area contributed by atoms with Gasteiger partial charge in [-0.15, -0.1) is 0 Å². The minimum atomic E-state index is 0.0181. The van der Waals surface area contributed by atoms with Crippen molar-refractivity contribution in [1.29, 1.82) is 0 Å². The van der Waals surface area contributed by atoms with E-state index in [-0.39, 0.29) is 17.8 Å². The van der Waals surface area contributed by atoms with Gasteiger partial charge in [-0.25, -0.2) is 4.98 Å². The molecule has 1 aromatic heterocycles. The molecule has 0 spiro atoms. The van der Waals surface area contributed by atoms with E-state index in [9.17, 15) is 4.79 Å². The molecule has 0 aliphatic carbocycles. The molecular formula is C20H25N5O3. The lowest BCUT2D eigenvalue weighted by atomic mass is 10.0. The summed E-state index contributed by atoms with van der Waals surface area (Å²) in [7, 11) is 1.60. The molecule has 4 rings (SSSR count). The number of rotatable bonds is 4. The summed E-state index contributed by atoms with van der Waals surface area (Å²) in [5.74, 6) is 2.09. The summed E-state index contributed by atoms with van der Waals surface area (Å²) >= 11 is 0. The summed E-state index contributed by atoms with van der Waals surface area (Å²) in [6.07, 6.45) is 0.957. The normalized spacial score (nSPS) is 19.7. The van der Waals surface area contributed by atoms with Crippen molar-refractivity contribution >= 4 is 17.7 Å². The third-order valence-electron chi connectivity index (χ3n) is 5.31. The minimum absolute atomic E-state index is 0.0181. The predicted octanol–water partition coefficient (Wildman–Crippen LogP) is 1.53. The van der Waals surface area contributed by atoms with Crippen LogP contribution in [0.1, 0.15) is 28.4 Å². The molecule has 8 heteroatoms. The quantitative estimate of drug-likeness (QED) is 0.856. The highest BCUT2D eigenvalue weighted by molar-refractivity contribution is 5.94. The first kappa shape index (κ1) is 18.5. The Labute approximate surface area is 164 Å².